The lowest BCUT2D eigenvalue weighted by atomic mass is 10.1. The van der Waals surface area contributed by atoms with Crippen LogP contribution in [0.4, 0.5) is 0 Å². The van der Waals surface area contributed by atoms with Crippen molar-refractivity contribution in [3.63, 3.8) is 0 Å². The summed E-state index contributed by atoms with van der Waals surface area (Å²) in [4.78, 5) is 5.70. The fourth-order valence-electron chi connectivity index (χ4n) is 3.97. The molecule has 0 N–H and O–H groups in total. The number of benzene rings is 3. The van der Waals surface area contributed by atoms with E-state index in [4.69, 9.17) is 14.3 Å². The summed E-state index contributed by atoms with van der Waals surface area (Å²) < 4.78 is 13.0. The van der Waals surface area contributed by atoms with E-state index in [0.717, 1.165) is 51.0 Å². The molecule has 5 nitrogen and oxygen atoms in total. The first-order valence-electron chi connectivity index (χ1n) is 11.2. The quantitative estimate of drug-likeness (QED) is 0.219. The SMILES string of the molecule is COc1ccc(-n2c(-c3cccc(OC)c3)cc(/C(C)=N/OCc3ccc(C)cc3)c2C)cc1. The molecule has 0 atom stereocenters. The Hall–Kier alpha value is -3.99. The Labute approximate surface area is 201 Å². The van der Waals surface area contributed by atoms with Gasteiger partial charge in [0.15, 0.2) is 0 Å². The molecule has 0 fully saturated rings. The van der Waals surface area contributed by atoms with Crippen LogP contribution in [0.15, 0.2) is 84.0 Å². The molecular weight excluding hydrogens is 424 g/mol. The third-order valence-electron chi connectivity index (χ3n) is 5.89. The Balaban J connectivity index is 1.72. The molecule has 1 heterocycles. The number of aryl methyl sites for hydroxylation is 1. The van der Waals surface area contributed by atoms with E-state index in [1.165, 1.54) is 5.56 Å². The van der Waals surface area contributed by atoms with Crippen molar-refractivity contribution in [1.29, 1.82) is 0 Å². The van der Waals surface area contributed by atoms with Crippen LogP contribution < -0.4 is 9.47 Å². The largest absolute Gasteiger partial charge is 0.497 e. The fraction of sp³-hybridized carbons (Fsp3) is 0.207. The Kier molecular flexibility index (Phi) is 7.02. The minimum Gasteiger partial charge on any atom is -0.497 e. The summed E-state index contributed by atoms with van der Waals surface area (Å²) in [6, 6.07) is 26.6. The molecule has 0 aliphatic rings. The summed E-state index contributed by atoms with van der Waals surface area (Å²) in [6.07, 6.45) is 0. The maximum atomic E-state index is 5.70. The highest BCUT2D eigenvalue weighted by Gasteiger charge is 2.17. The Morgan fingerprint density at radius 3 is 2.21 bits per heavy atom. The van der Waals surface area contributed by atoms with Gasteiger partial charge >= 0.3 is 0 Å². The third kappa shape index (κ3) is 4.99. The normalized spacial score (nSPS) is 11.4. The van der Waals surface area contributed by atoms with Gasteiger partial charge in [-0.1, -0.05) is 47.1 Å². The summed E-state index contributed by atoms with van der Waals surface area (Å²) in [7, 11) is 3.35. The van der Waals surface area contributed by atoms with Crippen LogP contribution in [-0.2, 0) is 11.4 Å². The minimum atomic E-state index is 0.429. The van der Waals surface area contributed by atoms with Crippen molar-refractivity contribution in [3.05, 3.63) is 101 Å². The molecule has 174 valence electrons. The van der Waals surface area contributed by atoms with Gasteiger partial charge in [-0.15, -0.1) is 0 Å². The van der Waals surface area contributed by atoms with Crippen LogP contribution in [0.1, 0.15) is 29.3 Å². The average Bonchev–Trinajstić information content (AvgIpc) is 3.22. The van der Waals surface area contributed by atoms with Crippen LogP contribution in [0.25, 0.3) is 16.9 Å². The van der Waals surface area contributed by atoms with Crippen molar-refractivity contribution in [3.8, 4) is 28.4 Å². The molecule has 1 aromatic heterocycles. The smallest absolute Gasteiger partial charge is 0.142 e. The molecule has 5 heteroatoms. The highest BCUT2D eigenvalue weighted by atomic mass is 16.6. The predicted molar refractivity (Wildman–Crippen MR) is 137 cm³/mol. The van der Waals surface area contributed by atoms with E-state index in [0.29, 0.717) is 6.61 Å². The second-order valence-electron chi connectivity index (χ2n) is 8.23. The molecule has 0 unspecified atom stereocenters. The lowest BCUT2D eigenvalue weighted by Crippen LogP contribution is -2.03. The van der Waals surface area contributed by atoms with Crippen molar-refractivity contribution in [2.75, 3.05) is 14.2 Å². The van der Waals surface area contributed by atoms with Crippen LogP contribution in [0.5, 0.6) is 11.5 Å². The topological polar surface area (TPSA) is 45.0 Å². The Bertz CT molecular complexity index is 1290. The number of ether oxygens (including phenoxy) is 2. The molecule has 4 aromatic rings. The monoisotopic (exact) mass is 454 g/mol. The Morgan fingerprint density at radius 1 is 0.824 bits per heavy atom. The van der Waals surface area contributed by atoms with Gasteiger partial charge in [0, 0.05) is 22.5 Å². The van der Waals surface area contributed by atoms with Crippen LogP contribution in [0.2, 0.25) is 0 Å². The molecule has 0 saturated heterocycles. The standard InChI is InChI=1S/C29H30N2O3/c1-20-9-11-23(12-10-20)19-34-30-21(2)28-18-29(24-7-6-8-27(17-24)33-5)31(22(28)3)25-13-15-26(32-4)16-14-25/h6-18H,19H2,1-5H3/b30-21+. The van der Waals surface area contributed by atoms with E-state index in [9.17, 15) is 0 Å². The number of hydrogen-bond donors (Lipinski definition) is 0. The van der Waals surface area contributed by atoms with E-state index in [2.05, 4.69) is 72.1 Å². The molecule has 34 heavy (non-hydrogen) atoms. The van der Waals surface area contributed by atoms with Gasteiger partial charge in [0.1, 0.15) is 18.1 Å². The molecule has 3 aromatic carbocycles. The highest BCUT2D eigenvalue weighted by Crippen LogP contribution is 2.32. The second-order valence-corrected chi connectivity index (χ2v) is 8.23. The van der Waals surface area contributed by atoms with E-state index < -0.39 is 0 Å². The number of aromatic nitrogens is 1. The zero-order valence-corrected chi connectivity index (χ0v) is 20.3. The number of methoxy groups -OCH3 is 2. The summed E-state index contributed by atoms with van der Waals surface area (Å²) in [5.41, 5.74) is 8.37. The molecule has 0 aliphatic heterocycles. The summed E-state index contributed by atoms with van der Waals surface area (Å²) in [5.74, 6) is 1.63. The maximum Gasteiger partial charge on any atom is 0.142 e. The molecule has 0 aliphatic carbocycles. The van der Waals surface area contributed by atoms with Gasteiger partial charge in [-0.2, -0.15) is 0 Å². The number of rotatable bonds is 8. The molecule has 0 bridgehead atoms. The van der Waals surface area contributed by atoms with Crippen LogP contribution in [0.3, 0.4) is 0 Å². The average molecular weight is 455 g/mol. The van der Waals surface area contributed by atoms with Crippen LogP contribution in [0, 0.1) is 13.8 Å². The number of hydrogen-bond acceptors (Lipinski definition) is 4. The number of oxime groups is 1. The molecule has 0 radical (unpaired) electrons. The lowest BCUT2D eigenvalue weighted by molar-refractivity contribution is 0.130. The second kappa shape index (κ2) is 10.3. The highest BCUT2D eigenvalue weighted by molar-refractivity contribution is 6.01. The fourth-order valence-corrected chi connectivity index (χ4v) is 3.97. The zero-order chi connectivity index (χ0) is 24.1. The maximum absolute atomic E-state index is 5.70. The summed E-state index contributed by atoms with van der Waals surface area (Å²) in [5, 5.41) is 4.43. The lowest BCUT2D eigenvalue weighted by Gasteiger charge is -2.13. The van der Waals surface area contributed by atoms with Gasteiger partial charge in [-0.25, -0.2) is 0 Å². The summed E-state index contributed by atoms with van der Waals surface area (Å²) in [6.45, 7) is 6.58. The van der Waals surface area contributed by atoms with Crippen molar-refractivity contribution < 1.29 is 14.3 Å². The zero-order valence-electron chi connectivity index (χ0n) is 20.3. The molecule has 0 saturated carbocycles. The third-order valence-corrected chi connectivity index (χ3v) is 5.89. The molecule has 0 spiro atoms. The van der Waals surface area contributed by atoms with Crippen molar-refractivity contribution in [2.24, 2.45) is 5.16 Å². The van der Waals surface area contributed by atoms with Crippen LogP contribution >= 0.6 is 0 Å². The van der Waals surface area contributed by atoms with Crippen molar-refractivity contribution >= 4 is 5.71 Å². The van der Waals surface area contributed by atoms with E-state index in [1.54, 1.807) is 14.2 Å². The van der Waals surface area contributed by atoms with E-state index >= 15 is 0 Å². The summed E-state index contributed by atoms with van der Waals surface area (Å²) >= 11 is 0. The Morgan fingerprint density at radius 2 is 1.53 bits per heavy atom. The van der Waals surface area contributed by atoms with Gasteiger partial charge < -0.3 is 18.9 Å². The van der Waals surface area contributed by atoms with Gasteiger partial charge in [-0.05, 0) is 68.8 Å². The first-order valence-corrected chi connectivity index (χ1v) is 11.2. The van der Waals surface area contributed by atoms with E-state index in [-0.39, 0.29) is 0 Å². The first-order chi connectivity index (χ1) is 16.5. The van der Waals surface area contributed by atoms with Crippen molar-refractivity contribution in [2.45, 2.75) is 27.4 Å². The molecular formula is C29H30N2O3. The molecule has 4 rings (SSSR count). The van der Waals surface area contributed by atoms with Gasteiger partial charge in [0.05, 0.1) is 25.6 Å². The minimum absolute atomic E-state index is 0.429. The predicted octanol–water partition coefficient (Wildman–Crippen LogP) is 6.72. The number of nitrogens with zero attached hydrogens (tertiary/aromatic N) is 2. The van der Waals surface area contributed by atoms with Gasteiger partial charge in [0.2, 0.25) is 0 Å². The van der Waals surface area contributed by atoms with Gasteiger partial charge in [0.25, 0.3) is 0 Å². The van der Waals surface area contributed by atoms with E-state index in [1.807, 2.05) is 37.3 Å². The van der Waals surface area contributed by atoms with Crippen molar-refractivity contribution in [1.82, 2.24) is 4.57 Å². The van der Waals surface area contributed by atoms with Gasteiger partial charge in [-0.3, -0.25) is 0 Å². The molecule has 0 amide bonds. The van der Waals surface area contributed by atoms with Crippen LogP contribution in [-0.4, -0.2) is 24.5 Å². The first kappa shape index (κ1) is 23.2.